The number of ether oxygens (including phenoxy) is 2. The fourth-order valence-electron chi connectivity index (χ4n) is 2.13. The van der Waals surface area contributed by atoms with Gasteiger partial charge in [0.2, 0.25) is 0 Å². The quantitative estimate of drug-likeness (QED) is 0.490. The Bertz CT molecular complexity index is 750. The van der Waals surface area contributed by atoms with Crippen molar-refractivity contribution in [2.75, 3.05) is 27.8 Å². The van der Waals surface area contributed by atoms with Crippen molar-refractivity contribution < 1.29 is 24.2 Å². The van der Waals surface area contributed by atoms with Crippen LogP contribution in [-0.2, 0) is 14.3 Å². The van der Waals surface area contributed by atoms with Gasteiger partial charge in [0, 0.05) is 7.05 Å². The number of likely N-dealkylation sites (N-methyl/N-ethyl adjacent to an activating group) is 1. The molecule has 0 bridgehead atoms. The highest BCUT2D eigenvalue weighted by molar-refractivity contribution is 7.80. The molecule has 1 aliphatic rings. The number of methoxy groups -OCH3 is 2. The van der Waals surface area contributed by atoms with Gasteiger partial charge in [0.05, 0.1) is 19.2 Å². The number of carbonyl (C=O) groups is 2. The van der Waals surface area contributed by atoms with Crippen LogP contribution in [-0.4, -0.2) is 59.7 Å². The van der Waals surface area contributed by atoms with Gasteiger partial charge in [-0.1, -0.05) is 11.6 Å². The molecular weight excluding hydrogens is 356 g/mol. The van der Waals surface area contributed by atoms with E-state index < -0.39 is 11.9 Å². The van der Waals surface area contributed by atoms with Crippen molar-refractivity contribution in [3.8, 4) is 11.5 Å². The van der Waals surface area contributed by atoms with Crippen molar-refractivity contribution in [1.82, 2.24) is 9.80 Å². The van der Waals surface area contributed by atoms with Gasteiger partial charge < -0.3 is 19.5 Å². The number of thiocarbonyl (C=S) groups is 1. The number of rotatable bonds is 4. The van der Waals surface area contributed by atoms with Crippen LogP contribution in [0, 0.1) is 0 Å². The van der Waals surface area contributed by atoms with Crippen LogP contribution in [0.2, 0.25) is 5.02 Å². The molecule has 1 aliphatic heterocycles. The number of phenolic OH excluding ortho intramolecular Hbond substituents is 1. The van der Waals surface area contributed by atoms with Gasteiger partial charge in [-0.25, -0.2) is 0 Å². The van der Waals surface area contributed by atoms with Crippen LogP contribution in [0.15, 0.2) is 17.8 Å². The van der Waals surface area contributed by atoms with Crippen LogP contribution in [0.3, 0.4) is 0 Å². The second kappa shape index (κ2) is 7.06. The molecule has 0 aromatic heterocycles. The first kappa shape index (κ1) is 18.0. The van der Waals surface area contributed by atoms with Crippen LogP contribution in [0.4, 0.5) is 0 Å². The third-order valence-corrected chi connectivity index (χ3v) is 4.21. The molecule has 1 saturated heterocycles. The summed E-state index contributed by atoms with van der Waals surface area (Å²) in [5.41, 5.74) is 0.792. The number of hydrogen-bond acceptors (Lipinski definition) is 6. The average Bonchev–Trinajstić information content (AvgIpc) is 2.75. The standard InChI is InChI=1S/C15H15ClN2O5S/c1-17-10(14(21)18(15(17)24)7-12(19)23-3)5-8-4-9(16)13(20)11(6-8)22-2/h4-6,20H,7H2,1-3H3/b10-5-. The lowest BCUT2D eigenvalue weighted by molar-refractivity contribution is -0.143. The third kappa shape index (κ3) is 3.29. The van der Waals surface area contributed by atoms with E-state index in [-0.39, 0.29) is 33.9 Å². The molecule has 0 aliphatic carbocycles. The van der Waals surface area contributed by atoms with Gasteiger partial charge in [-0.15, -0.1) is 0 Å². The molecule has 24 heavy (non-hydrogen) atoms. The predicted molar refractivity (Wildman–Crippen MR) is 91.7 cm³/mol. The number of amides is 1. The van der Waals surface area contributed by atoms with E-state index in [0.717, 1.165) is 4.90 Å². The highest BCUT2D eigenvalue weighted by Crippen LogP contribution is 2.36. The Labute approximate surface area is 149 Å². The molecular formula is C15H15ClN2O5S. The molecule has 1 fully saturated rings. The molecule has 1 aromatic carbocycles. The van der Waals surface area contributed by atoms with E-state index in [1.165, 1.54) is 31.3 Å². The number of nitrogens with zero attached hydrogens (tertiary/aromatic N) is 2. The molecule has 7 nitrogen and oxygen atoms in total. The lowest BCUT2D eigenvalue weighted by Crippen LogP contribution is -2.36. The van der Waals surface area contributed by atoms with Gasteiger partial charge in [0.1, 0.15) is 12.2 Å². The van der Waals surface area contributed by atoms with Crippen molar-refractivity contribution >= 4 is 46.9 Å². The van der Waals surface area contributed by atoms with E-state index in [2.05, 4.69) is 4.74 Å². The van der Waals surface area contributed by atoms with Gasteiger partial charge >= 0.3 is 5.97 Å². The third-order valence-electron chi connectivity index (χ3n) is 3.43. The van der Waals surface area contributed by atoms with E-state index >= 15 is 0 Å². The topological polar surface area (TPSA) is 79.3 Å². The first-order valence-corrected chi connectivity index (χ1v) is 7.53. The number of halogens is 1. The lowest BCUT2D eigenvalue weighted by atomic mass is 10.1. The maximum atomic E-state index is 12.5. The molecule has 1 aromatic rings. The Morgan fingerprint density at radius 1 is 1.42 bits per heavy atom. The number of hydrogen-bond donors (Lipinski definition) is 1. The summed E-state index contributed by atoms with van der Waals surface area (Å²) >= 11 is 11.1. The Morgan fingerprint density at radius 3 is 2.67 bits per heavy atom. The minimum atomic E-state index is -0.574. The minimum absolute atomic E-state index is 0.0864. The van der Waals surface area contributed by atoms with Crippen LogP contribution in [0.5, 0.6) is 11.5 Å². The number of aromatic hydroxyl groups is 1. The number of phenols is 1. The van der Waals surface area contributed by atoms with Gasteiger partial charge in [0.25, 0.3) is 5.91 Å². The SMILES string of the molecule is COC(=O)CN1C(=O)/C(=C/c2cc(Cl)c(O)c(OC)c2)N(C)C1=S. The summed E-state index contributed by atoms with van der Waals surface area (Å²) in [6, 6.07) is 3.01. The Morgan fingerprint density at radius 2 is 2.08 bits per heavy atom. The highest BCUT2D eigenvalue weighted by Gasteiger charge is 2.37. The summed E-state index contributed by atoms with van der Waals surface area (Å²) in [5, 5.41) is 10.0. The summed E-state index contributed by atoms with van der Waals surface area (Å²) in [4.78, 5) is 26.5. The van der Waals surface area contributed by atoms with E-state index in [9.17, 15) is 14.7 Å². The molecule has 0 unspecified atom stereocenters. The Hall–Kier alpha value is -2.32. The first-order valence-electron chi connectivity index (χ1n) is 6.74. The largest absolute Gasteiger partial charge is 0.503 e. The van der Waals surface area contributed by atoms with E-state index in [0.29, 0.717) is 5.56 Å². The van der Waals surface area contributed by atoms with Gasteiger partial charge in [-0.3, -0.25) is 14.5 Å². The van der Waals surface area contributed by atoms with Crippen LogP contribution in [0.1, 0.15) is 5.56 Å². The molecule has 128 valence electrons. The van der Waals surface area contributed by atoms with Crippen LogP contribution < -0.4 is 4.74 Å². The Balaban J connectivity index is 2.39. The molecule has 0 atom stereocenters. The summed E-state index contributed by atoms with van der Waals surface area (Å²) in [6.45, 7) is -0.268. The number of benzene rings is 1. The van der Waals surface area contributed by atoms with Crippen molar-refractivity contribution in [1.29, 1.82) is 0 Å². The van der Waals surface area contributed by atoms with E-state index in [1.54, 1.807) is 13.1 Å². The second-order valence-corrected chi connectivity index (χ2v) is 5.66. The van der Waals surface area contributed by atoms with Crippen molar-refractivity contribution in [3.63, 3.8) is 0 Å². The molecule has 1 amide bonds. The average molecular weight is 371 g/mol. The van der Waals surface area contributed by atoms with Crippen molar-refractivity contribution in [3.05, 3.63) is 28.4 Å². The summed E-state index contributed by atoms with van der Waals surface area (Å²) < 4.78 is 9.60. The predicted octanol–water partition coefficient (Wildman–Crippen LogP) is 1.63. The second-order valence-electron chi connectivity index (χ2n) is 4.89. The first-order chi connectivity index (χ1) is 11.3. The van der Waals surface area contributed by atoms with Crippen molar-refractivity contribution in [2.24, 2.45) is 0 Å². The van der Waals surface area contributed by atoms with Crippen LogP contribution in [0.25, 0.3) is 6.08 Å². The molecule has 0 saturated carbocycles. The Kier molecular flexibility index (Phi) is 5.30. The zero-order chi connectivity index (χ0) is 18.0. The van der Waals surface area contributed by atoms with Gasteiger partial charge in [-0.2, -0.15) is 0 Å². The lowest BCUT2D eigenvalue weighted by Gasteiger charge is -2.14. The van der Waals surface area contributed by atoms with E-state index in [4.69, 9.17) is 28.6 Å². The normalized spacial score (nSPS) is 16.1. The summed E-state index contributed by atoms with van der Waals surface area (Å²) in [5.74, 6) is -1.02. The van der Waals surface area contributed by atoms with E-state index in [1.807, 2.05) is 0 Å². The summed E-state index contributed by atoms with van der Waals surface area (Å²) in [6.07, 6.45) is 1.54. The van der Waals surface area contributed by atoms with Gasteiger partial charge in [-0.05, 0) is 36.0 Å². The zero-order valence-corrected chi connectivity index (χ0v) is 14.8. The van der Waals surface area contributed by atoms with Gasteiger partial charge in [0.15, 0.2) is 16.6 Å². The highest BCUT2D eigenvalue weighted by atomic mass is 35.5. The zero-order valence-electron chi connectivity index (χ0n) is 13.2. The molecule has 1 heterocycles. The fourth-order valence-corrected chi connectivity index (χ4v) is 2.60. The fraction of sp³-hybridized carbons (Fsp3) is 0.267. The maximum Gasteiger partial charge on any atom is 0.325 e. The molecule has 1 N–H and O–H groups in total. The smallest absolute Gasteiger partial charge is 0.325 e. The molecule has 2 rings (SSSR count). The van der Waals surface area contributed by atoms with Crippen LogP contribution >= 0.6 is 23.8 Å². The maximum absolute atomic E-state index is 12.5. The van der Waals surface area contributed by atoms with Crippen molar-refractivity contribution in [2.45, 2.75) is 0 Å². The number of esters is 1. The summed E-state index contributed by atoms with van der Waals surface area (Å²) in [7, 11) is 4.24. The molecule has 0 radical (unpaired) electrons. The monoisotopic (exact) mass is 370 g/mol. The minimum Gasteiger partial charge on any atom is -0.503 e. The number of carbonyl (C=O) groups excluding carboxylic acids is 2. The molecule has 0 spiro atoms. The molecule has 9 heteroatoms.